The lowest BCUT2D eigenvalue weighted by Gasteiger charge is -2.25. The number of hydrogen-bond acceptors (Lipinski definition) is 3. The van der Waals surface area contributed by atoms with Crippen molar-refractivity contribution in [3.63, 3.8) is 0 Å². The number of anilines is 3. The van der Waals surface area contributed by atoms with E-state index in [9.17, 15) is 0 Å². The van der Waals surface area contributed by atoms with Crippen molar-refractivity contribution in [1.82, 2.24) is 14.8 Å². The summed E-state index contributed by atoms with van der Waals surface area (Å²) in [4.78, 5) is 2.25. The van der Waals surface area contributed by atoms with Gasteiger partial charge in [0.1, 0.15) is 5.82 Å². The van der Waals surface area contributed by atoms with Gasteiger partial charge in [-0.2, -0.15) is 0 Å². The molecule has 0 aliphatic heterocycles. The Morgan fingerprint density at radius 1 is 0.581 bits per heavy atom. The Balaban J connectivity index is 1.64. The van der Waals surface area contributed by atoms with Crippen molar-refractivity contribution in [2.45, 2.75) is 6.92 Å². The van der Waals surface area contributed by atoms with Crippen LogP contribution in [-0.4, -0.2) is 14.8 Å². The molecule has 0 atom stereocenters. The van der Waals surface area contributed by atoms with Crippen LogP contribution in [0.5, 0.6) is 0 Å². The number of aromatic nitrogens is 3. The fourth-order valence-corrected chi connectivity index (χ4v) is 3.82. The van der Waals surface area contributed by atoms with E-state index in [0.29, 0.717) is 0 Å². The number of para-hydroxylation sites is 3. The zero-order valence-corrected chi connectivity index (χ0v) is 17.3. The predicted molar refractivity (Wildman–Crippen MR) is 126 cm³/mol. The minimum Gasteiger partial charge on any atom is -0.310 e. The molecule has 0 aliphatic rings. The summed E-state index contributed by atoms with van der Waals surface area (Å²) in [7, 11) is 0. The molecule has 150 valence electrons. The molecule has 0 spiro atoms. The first-order chi connectivity index (χ1) is 15.3. The maximum absolute atomic E-state index is 4.50. The molecule has 31 heavy (non-hydrogen) atoms. The second-order valence-electron chi connectivity index (χ2n) is 7.30. The summed E-state index contributed by atoms with van der Waals surface area (Å²) in [6.45, 7) is 1.98. The first-order valence-corrected chi connectivity index (χ1v) is 10.3. The van der Waals surface area contributed by atoms with Gasteiger partial charge in [-0.3, -0.25) is 4.57 Å². The highest BCUT2D eigenvalue weighted by Gasteiger charge is 2.16. The van der Waals surface area contributed by atoms with E-state index in [1.165, 1.54) is 0 Å². The van der Waals surface area contributed by atoms with E-state index in [-0.39, 0.29) is 0 Å². The van der Waals surface area contributed by atoms with Crippen molar-refractivity contribution in [2.75, 3.05) is 4.90 Å². The fourth-order valence-electron chi connectivity index (χ4n) is 3.82. The van der Waals surface area contributed by atoms with Crippen LogP contribution in [0.1, 0.15) is 5.82 Å². The fraction of sp³-hybridized carbons (Fsp3) is 0.0370. The Bertz CT molecular complexity index is 1240. The summed E-state index contributed by atoms with van der Waals surface area (Å²) >= 11 is 0. The number of benzene rings is 4. The van der Waals surface area contributed by atoms with Gasteiger partial charge in [0.15, 0.2) is 5.82 Å². The lowest BCUT2D eigenvalue weighted by atomic mass is 10.1. The van der Waals surface area contributed by atoms with Crippen LogP contribution in [0, 0.1) is 6.92 Å². The van der Waals surface area contributed by atoms with Crippen LogP contribution in [0.25, 0.3) is 17.1 Å². The van der Waals surface area contributed by atoms with E-state index >= 15 is 0 Å². The third-order valence-corrected chi connectivity index (χ3v) is 5.23. The summed E-state index contributed by atoms with van der Waals surface area (Å²) in [6, 6.07) is 39.5. The lowest BCUT2D eigenvalue weighted by Crippen LogP contribution is -2.10. The molecule has 4 heteroatoms. The molecule has 0 amide bonds. The van der Waals surface area contributed by atoms with Gasteiger partial charge in [-0.25, -0.2) is 0 Å². The molecule has 4 nitrogen and oxygen atoms in total. The van der Waals surface area contributed by atoms with Crippen molar-refractivity contribution < 1.29 is 0 Å². The molecule has 0 radical (unpaired) electrons. The standard InChI is InChI=1S/C27H22N4/c1-21-28-29-27(30(21)23-13-5-2-6-14-23)22-12-11-19-26(20-22)31(24-15-7-3-8-16-24)25-17-9-4-10-18-25/h2-20H,1H3. The van der Waals surface area contributed by atoms with Crippen LogP contribution in [0.3, 0.4) is 0 Å². The average Bonchev–Trinajstić information content (AvgIpc) is 3.23. The van der Waals surface area contributed by atoms with E-state index in [1.54, 1.807) is 0 Å². The minimum atomic E-state index is 0.826. The van der Waals surface area contributed by atoms with Gasteiger partial charge >= 0.3 is 0 Å². The van der Waals surface area contributed by atoms with Gasteiger partial charge in [-0.05, 0) is 55.5 Å². The van der Waals surface area contributed by atoms with Crippen LogP contribution in [0.15, 0.2) is 115 Å². The molecule has 4 aromatic carbocycles. The molecular formula is C27H22N4. The van der Waals surface area contributed by atoms with Crippen LogP contribution in [0.4, 0.5) is 17.1 Å². The SMILES string of the molecule is Cc1nnc(-c2cccc(N(c3ccccc3)c3ccccc3)c2)n1-c1ccccc1. The second kappa shape index (κ2) is 8.28. The molecule has 1 heterocycles. The second-order valence-corrected chi connectivity index (χ2v) is 7.30. The van der Waals surface area contributed by atoms with Gasteiger partial charge in [0.2, 0.25) is 0 Å². The number of aryl methyl sites for hydroxylation is 1. The van der Waals surface area contributed by atoms with Gasteiger partial charge in [-0.1, -0.05) is 66.7 Å². The van der Waals surface area contributed by atoms with Crippen LogP contribution >= 0.6 is 0 Å². The summed E-state index contributed by atoms with van der Waals surface area (Å²) < 4.78 is 2.09. The summed E-state index contributed by atoms with van der Waals surface area (Å²) in [5.41, 5.74) is 5.33. The van der Waals surface area contributed by atoms with Crippen LogP contribution in [0.2, 0.25) is 0 Å². The van der Waals surface area contributed by atoms with Crippen molar-refractivity contribution in [1.29, 1.82) is 0 Å². The van der Waals surface area contributed by atoms with E-state index in [1.807, 2.05) is 37.3 Å². The summed E-state index contributed by atoms with van der Waals surface area (Å²) in [5.74, 6) is 1.68. The minimum absolute atomic E-state index is 0.826. The smallest absolute Gasteiger partial charge is 0.168 e. The van der Waals surface area contributed by atoms with E-state index in [2.05, 4.69) is 105 Å². The molecule has 5 aromatic rings. The zero-order chi connectivity index (χ0) is 21.0. The number of nitrogens with zero attached hydrogens (tertiary/aromatic N) is 4. The summed E-state index contributed by atoms with van der Waals surface area (Å²) in [6.07, 6.45) is 0. The van der Waals surface area contributed by atoms with Gasteiger partial charge in [0.05, 0.1) is 0 Å². The number of hydrogen-bond donors (Lipinski definition) is 0. The normalized spacial score (nSPS) is 10.7. The molecule has 0 unspecified atom stereocenters. The largest absolute Gasteiger partial charge is 0.310 e. The zero-order valence-electron chi connectivity index (χ0n) is 17.3. The molecule has 5 rings (SSSR count). The van der Waals surface area contributed by atoms with Crippen molar-refractivity contribution in [2.24, 2.45) is 0 Å². The average molecular weight is 403 g/mol. The van der Waals surface area contributed by atoms with Crippen LogP contribution in [-0.2, 0) is 0 Å². The van der Waals surface area contributed by atoms with Crippen molar-refractivity contribution in [3.8, 4) is 17.1 Å². The first-order valence-electron chi connectivity index (χ1n) is 10.3. The summed E-state index contributed by atoms with van der Waals surface area (Å²) in [5, 5.41) is 8.86. The highest BCUT2D eigenvalue weighted by Crippen LogP contribution is 2.36. The topological polar surface area (TPSA) is 34.0 Å². The van der Waals surface area contributed by atoms with Gasteiger partial charge in [0.25, 0.3) is 0 Å². The Hall–Kier alpha value is -4.18. The quantitative estimate of drug-likeness (QED) is 0.327. The van der Waals surface area contributed by atoms with E-state index in [0.717, 1.165) is 40.0 Å². The Morgan fingerprint density at radius 3 is 1.74 bits per heavy atom. The Labute approximate surface area is 182 Å². The van der Waals surface area contributed by atoms with Gasteiger partial charge in [-0.15, -0.1) is 10.2 Å². The van der Waals surface area contributed by atoms with E-state index in [4.69, 9.17) is 0 Å². The molecular weight excluding hydrogens is 380 g/mol. The van der Waals surface area contributed by atoms with Gasteiger partial charge < -0.3 is 4.90 Å². The first kappa shape index (κ1) is 18.8. The highest BCUT2D eigenvalue weighted by atomic mass is 15.3. The predicted octanol–water partition coefficient (Wildman–Crippen LogP) is 6.71. The third-order valence-electron chi connectivity index (χ3n) is 5.23. The molecule has 0 fully saturated rings. The lowest BCUT2D eigenvalue weighted by molar-refractivity contribution is 0.972. The Morgan fingerprint density at radius 2 is 1.13 bits per heavy atom. The van der Waals surface area contributed by atoms with Crippen molar-refractivity contribution >= 4 is 17.1 Å². The van der Waals surface area contributed by atoms with E-state index < -0.39 is 0 Å². The molecule has 0 aliphatic carbocycles. The third kappa shape index (κ3) is 3.71. The Kier molecular flexibility index (Phi) is 5.03. The maximum atomic E-state index is 4.50. The maximum Gasteiger partial charge on any atom is 0.168 e. The molecule has 0 saturated carbocycles. The molecule has 0 saturated heterocycles. The molecule has 1 aromatic heterocycles. The van der Waals surface area contributed by atoms with Crippen LogP contribution < -0.4 is 4.90 Å². The number of rotatable bonds is 5. The van der Waals surface area contributed by atoms with Crippen molar-refractivity contribution in [3.05, 3.63) is 121 Å². The molecule has 0 bridgehead atoms. The van der Waals surface area contributed by atoms with Gasteiger partial charge in [0, 0.05) is 28.3 Å². The molecule has 0 N–H and O–H groups in total. The highest BCUT2D eigenvalue weighted by molar-refractivity contribution is 5.79. The monoisotopic (exact) mass is 402 g/mol.